The van der Waals surface area contributed by atoms with E-state index in [-0.39, 0.29) is 18.4 Å². The zero-order valence-electron chi connectivity index (χ0n) is 17.6. The van der Waals surface area contributed by atoms with E-state index in [1.54, 1.807) is 22.7 Å². The standard InChI is InChI=1S/C22H27N5O2/c1-6-27(7-2)19(28)14-25(4)22(29)17-13-18(16-11-9-8-10-12-16)23-21-20(17)15(3)24-26(21)5/h8-13H,6-7,14H2,1-5H3. The maximum absolute atomic E-state index is 13.3. The number of aryl methyl sites for hydroxylation is 2. The lowest BCUT2D eigenvalue weighted by atomic mass is 10.0. The van der Waals surface area contributed by atoms with Gasteiger partial charge in [-0.3, -0.25) is 14.3 Å². The molecule has 1 aromatic carbocycles. The van der Waals surface area contributed by atoms with E-state index in [0.717, 1.165) is 16.6 Å². The van der Waals surface area contributed by atoms with Gasteiger partial charge in [-0.05, 0) is 26.8 Å². The van der Waals surface area contributed by atoms with Gasteiger partial charge in [-0.1, -0.05) is 30.3 Å². The summed E-state index contributed by atoms with van der Waals surface area (Å²) < 4.78 is 1.69. The van der Waals surface area contributed by atoms with Crippen LogP contribution in [-0.4, -0.2) is 63.1 Å². The Balaban J connectivity index is 2.05. The van der Waals surface area contributed by atoms with E-state index >= 15 is 0 Å². The number of benzene rings is 1. The molecule has 0 bridgehead atoms. The molecule has 0 N–H and O–H groups in total. The minimum Gasteiger partial charge on any atom is -0.342 e. The molecule has 3 aromatic rings. The molecule has 7 nitrogen and oxygen atoms in total. The van der Waals surface area contributed by atoms with E-state index < -0.39 is 0 Å². The first-order valence-corrected chi connectivity index (χ1v) is 9.80. The molecule has 0 aliphatic rings. The molecule has 0 fully saturated rings. The van der Waals surface area contributed by atoms with Crippen LogP contribution in [0.1, 0.15) is 29.9 Å². The Kier molecular flexibility index (Phi) is 5.96. The zero-order valence-corrected chi connectivity index (χ0v) is 17.6. The van der Waals surface area contributed by atoms with Crippen molar-refractivity contribution in [3.63, 3.8) is 0 Å². The van der Waals surface area contributed by atoms with Crippen LogP contribution in [0.4, 0.5) is 0 Å². The van der Waals surface area contributed by atoms with Crippen LogP contribution in [0.25, 0.3) is 22.3 Å². The van der Waals surface area contributed by atoms with Gasteiger partial charge in [0.05, 0.1) is 28.9 Å². The van der Waals surface area contributed by atoms with Crippen molar-refractivity contribution in [3.05, 3.63) is 47.7 Å². The fourth-order valence-electron chi connectivity index (χ4n) is 3.53. The van der Waals surface area contributed by atoms with Crippen molar-refractivity contribution in [2.45, 2.75) is 20.8 Å². The second kappa shape index (κ2) is 8.43. The molecular weight excluding hydrogens is 366 g/mol. The minimum atomic E-state index is -0.216. The number of nitrogens with zero attached hydrogens (tertiary/aromatic N) is 5. The maximum atomic E-state index is 13.3. The number of carbonyl (C=O) groups excluding carboxylic acids is 2. The van der Waals surface area contributed by atoms with Gasteiger partial charge < -0.3 is 9.80 Å². The van der Waals surface area contributed by atoms with Crippen LogP contribution in [0.2, 0.25) is 0 Å². The summed E-state index contributed by atoms with van der Waals surface area (Å²) in [5, 5.41) is 5.17. The zero-order chi connectivity index (χ0) is 21.1. The molecule has 152 valence electrons. The average Bonchev–Trinajstić information content (AvgIpc) is 3.02. The minimum absolute atomic E-state index is 0.0321. The molecule has 7 heteroatoms. The molecule has 0 saturated heterocycles. The SMILES string of the molecule is CCN(CC)C(=O)CN(C)C(=O)c1cc(-c2ccccc2)nc2c1c(C)nn2C. The quantitative estimate of drug-likeness (QED) is 0.646. The predicted octanol–water partition coefficient (Wildman–Crippen LogP) is 2.88. The fraction of sp³-hybridized carbons (Fsp3) is 0.364. The van der Waals surface area contributed by atoms with Crippen LogP contribution in [0.5, 0.6) is 0 Å². The van der Waals surface area contributed by atoms with Gasteiger partial charge in [-0.15, -0.1) is 0 Å². The third kappa shape index (κ3) is 3.99. The monoisotopic (exact) mass is 393 g/mol. The lowest BCUT2D eigenvalue weighted by molar-refractivity contribution is -0.131. The van der Waals surface area contributed by atoms with Gasteiger partial charge in [0.1, 0.15) is 0 Å². The van der Waals surface area contributed by atoms with Crippen molar-refractivity contribution in [2.24, 2.45) is 7.05 Å². The summed E-state index contributed by atoms with van der Waals surface area (Å²) in [6.07, 6.45) is 0. The third-order valence-corrected chi connectivity index (χ3v) is 5.10. The van der Waals surface area contributed by atoms with Crippen molar-refractivity contribution < 1.29 is 9.59 Å². The van der Waals surface area contributed by atoms with Crippen LogP contribution in [0, 0.1) is 6.92 Å². The van der Waals surface area contributed by atoms with E-state index in [1.807, 2.05) is 58.2 Å². The number of fused-ring (bicyclic) bond motifs is 1. The van der Waals surface area contributed by atoms with Gasteiger partial charge in [-0.25, -0.2) is 4.98 Å². The van der Waals surface area contributed by atoms with Crippen LogP contribution in [0.15, 0.2) is 36.4 Å². The number of pyridine rings is 1. The number of rotatable bonds is 6. The molecular formula is C22H27N5O2. The first kappa shape index (κ1) is 20.5. The highest BCUT2D eigenvalue weighted by molar-refractivity contribution is 6.08. The van der Waals surface area contributed by atoms with Crippen molar-refractivity contribution in [1.29, 1.82) is 0 Å². The lowest BCUT2D eigenvalue weighted by Crippen LogP contribution is -2.41. The topological polar surface area (TPSA) is 71.3 Å². The molecule has 0 aliphatic heterocycles. The van der Waals surface area contributed by atoms with Gasteiger partial charge in [0.25, 0.3) is 5.91 Å². The van der Waals surface area contributed by atoms with Crippen LogP contribution in [-0.2, 0) is 11.8 Å². The molecule has 2 heterocycles. The first-order valence-electron chi connectivity index (χ1n) is 9.80. The molecule has 0 aliphatic carbocycles. The molecule has 0 radical (unpaired) electrons. The summed E-state index contributed by atoms with van der Waals surface area (Å²) in [7, 11) is 3.48. The largest absolute Gasteiger partial charge is 0.342 e. The molecule has 0 unspecified atom stereocenters. The predicted molar refractivity (Wildman–Crippen MR) is 114 cm³/mol. The molecule has 0 saturated carbocycles. The fourth-order valence-corrected chi connectivity index (χ4v) is 3.53. The second-order valence-electron chi connectivity index (χ2n) is 7.06. The molecule has 2 amide bonds. The van der Waals surface area contributed by atoms with Crippen LogP contribution >= 0.6 is 0 Å². The van der Waals surface area contributed by atoms with Gasteiger partial charge in [0, 0.05) is 32.7 Å². The summed E-state index contributed by atoms with van der Waals surface area (Å²) in [4.78, 5) is 33.7. The highest BCUT2D eigenvalue weighted by Crippen LogP contribution is 2.27. The molecule has 0 spiro atoms. The van der Waals surface area contributed by atoms with E-state index in [9.17, 15) is 9.59 Å². The van der Waals surface area contributed by atoms with Gasteiger partial charge in [-0.2, -0.15) is 5.10 Å². The van der Waals surface area contributed by atoms with Crippen molar-refractivity contribution in [3.8, 4) is 11.3 Å². The maximum Gasteiger partial charge on any atom is 0.254 e. The van der Waals surface area contributed by atoms with Gasteiger partial charge in [0.15, 0.2) is 5.65 Å². The number of aromatic nitrogens is 3. The van der Waals surface area contributed by atoms with E-state index in [1.165, 1.54) is 4.90 Å². The Hall–Kier alpha value is -3.22. The van der Waals surface area contributed by atoms with Crippen molar-refractivity contribution >= 4 is 22.8 Å². The number of likely N-dealkylation sites (N-methyl/N-ethyl adjacent to an activating group) is 2. The normalized spacial score (nSPS) is 10.9. The first-order chi connectivity index (χ1) is 13.9. The van der Waals surface area contributed by atoms with Crippen molar-refractivity contribution in [1.82, 2.24) is 24.6 Å². The summed E-state index contributed by atoms with van der Waals surface area (Å²) >= 11 is 0. The number of carbonyl (C=O) groups is 2. The highest BCUT2D eigenvalue weighted by atomic mass is 16.2. The Morgan fingerprint density at radius 2 is 1.76 bits per heavy atom. The summed E-state index contributed by atoms with van der Waals surface area (Å²) in [6, 6.07) is 11.5. The van der Waals surface area contributed by atoms with Crippen LogP contribution < -0.4 is 0 Å². The molecule has 29 heavy (non-hydrogen) atoms. The smallest absolute Gasteiger partial charge is 0.254 e. The average molecular weight is 393 g/mol. The third-order valence-electron chi connectivity index (χ3n) is 5.10. The Bertz CT molecular complexity index is 1040. The number of amides is 2. The lowest BCUT2D eigenvalue weighted by Gasteiger charge is -2.23. The Labute approximate surface area is 170 Å². The highest BCUT2D eigenvalue weighted by Gasteiger charge is 2.23. The van der Waals surface area contributed by atoms with Gasteiger partial charge >= 0.3 is 0 Å². The van der Waals surface area contributed by atoms with E-state index in [4.69, 9.17) is 4.98 Å². The molecule has 3 rings (SSSR count). The number of hydrogen-bond acceptors (Lipinski definition) is 4. The number of hydrogen-bond donors (Lipinski definition) is 0. The van der Waals surface area contributed by atoms with Gasteiger partial charge in [0.2, 0.25) is 5.91 Å². The molecule has 2 aromatic heterocycles. The second-order valence-corrected chi connectivity index (χ2v) is 7.06. The van der Waals surface area contributed by atoms with E-state index in [0.29, 0.717) is 30.0 Å². The Morgan fingerprint density at radius 1 is 1.10 bits per heavy atom. The summed E-state index contributed by atoms with van der Waals surface area (Å²) in [5.74, 6) is -0.284. The summed E-state index contributed by atoms with van der Waals surface area (Å²) in [6.45, 7) is 7.00. The van der Waals surface area contributed by atoms with E-state index in [2.05, 4.69) is 5.10 Å². The Morgan fingerprint density at radius 3 is 2.38 bits per heavy atom. The molecule has 0 atom stereocenters. The van der Waals surface area contributed by atoms with Crippen LogP contribution in [0.3, 0.4) is 0 Å². The summed E-state index contributed by atoms with van der Waals surface area (Å²) in [5.41, 5.74) is 3.52. The van der Waals surface area contributed by atoms with Crippen molar-refractivity contribution in [2.75, 3.05) is 26.7 Å².